The molecule has 3 rings (SSSR count). The number of thiophene rings is 1. The number of aromatic nitrogens is 2. The zero-order valence-corrected chi connectivity index (χ0v) is 15.1. The Labute approximate surface area is 148 Å². The third-order valence-corrected chi connectivity index (χ3v) is 5.06. The van der Waals surface area contributed by atoms with Crippen LogP contribution in [0.5, 0.6) is 5.75 Å². The number of fused-ring (bicyclic) bond motifs is 1. The molecule has 0 unspecified atom stereocenters. The summed E-state index contributed by atoms with van der Waals surface area (Å²) < 4.78 is 11.9. The van der Waals surface area contributed by atoms with Gasteiger partial charge < -0.3 is 9.47 Å². The van der Waals surface area contributed by atoms with Crippen molar-refractivity contribution in [3.8, 4) is 5.75 Å². The summed E-state index contributed by atoms with van der Waals surface area (Å²) in [4.78, 5) is 29.7. The van der Waals surface area contributed by atoms with Gasteiger partial charge in [-0.3, -0.25) is 9.36 Å². The van der Waals surface area contributed by atoms with Crippen molar-refractivity contribution in [3.05, 3.63) is 57.0 Å². The van der Waals surface area contributed by atoms with Gasteiger partial charge in [0.15, 0.2) is 0 Å². The van der Waals surface area contributed by atoms with Crippen LogP contribution in [0.15, 0.2) is 35.4 Å². The number of nitrogens with zero attached hydrogens (tertiary/aromatic N) is 2. The standard InChI is InChI=1S/C18H18N2O4S/c1-11-5-4-6-13(9-11)24-8-7-20-10-19-16-14(17(20)21)12(2)15(25-16)18(22)23-3/h4-6,9-10H,7-8H2,1-3H3. The van der Waals surface area contributed by atoms with Crippen LogP contribution in [0.1, 0.15) is 20.8 Å². The molecule has 0 aliphatic heterocycles. The first kappa shape index (κ1) is 17.2. The van der Waals surface area contributed by atoms with Gasteiger partial charge in [0, 0.05) is 0 Å². The van der Waals surface area contributed by atoms with Crippen molar-refractivity contribution in [2.45, 2.75) is 20.4 Å². The van der Waals surface area contributed by atoms with Gasteiger partial charge in [0.05, 0.1) is 25.4 Å². The van der Waals surface area contributed by atoms with E-state index in [1.165, 1.54) is 29.3 Å². The van der Waals surface area contributed by atoms with Crippen molar-refractivity contribution in [1.29, 1.82) is 0 Å². The average Bonchev–Trinajstić information content (AvgIpc) is 2.94. The smallest absolute Gasteiger partial charge is 0.348 e. The first-order chi connectivity index (χ1) is 12.0. The van der Waals surface area contributed by atoms with E-state index in [1.54, 1.807) is 6.92 Å². The lowest BCUT2D eigenvalue weighted by atomic mass is 10.2. The molecule has 0 saturated heterocycles. The molecule has 0 saturated carbocycles. The second-order valence-corrected chi connectivity index (χ2v) is 6.64. The summed E-state index contributed by atoms with van der Waals surface area (Å²) in [5.41, 5.74) is 1.54. The second-order valence-electron chi connectivity index (χ2n) is 5.64. The molecular formula is C18H18N2O4S. The van der Waals surface area contributed by atoms with Crippen LogP contribution in [0, 0.1) is 13.8 Å². The maximum Gasteiger partial charge on any atom is 0.348 e. The van der Waals surface area contributed by atoms with Gasteiger partial charge >= 0.3 is 5.97 Å². The van der Waals surface area contributed by atoms with Gasteiger partial charge in [0.2, 0.25) is 0 Å². The van der Waals surface area contributed by atoms with Crippen molar-refractivity contribution in [1.82, 2.24) is 9.55 Å². The molecule has 3 aromatic rings. The molecule has 130 valence electrons. The van der Waals surface area contributed by atoms with Gasteiger partial charge in [0.25, 0.3) is 5.56 Å². The maximum absolute atomic E-state index is 12.7. The number of rotatable bonds is 5. The number of carbonyl (C=O) groups is 1. The van der Waals surface area contributed by atoms with E-state index in [0.29, 0.717) is 33.8 Å². The van der Waals surface area contributed by atoms with Gasteiger partial charge in [0.1, 0.15) is 22.1 Å². The summed E-state index contributed by atoms with van der Waals surface area (Å²) in [6.07, 6.45) is 1.49. The zero-order valence-electron chi connectivity index (χ0n) is 14.2. The predicted octanol–water partition coefficient (Wildman–Crippen LogP) is 2.94. The van der Waals surface area contributed by atoms with Crippen molar-refractivity contribution in [2.24, 2.45) is 0 Å². The molecule has 25 heavy (non-hydrogen) atoms. The van der Waals surface area contributed by atoms with E-state index in [4.69, 9.17) is 9.47 Å². The SMILES string of the molecule is COC(=O)c1sc2ncn(CCOc3cccc(C)c3)c(=O)c2c1C. The van der Waals surface area contributed by atoms with Crippen LogP contribution >= 0.6 is 11.3 Å². The molecule has 0 fully saturated rings. The van der Waals surface area contributed by atoms with Crippen LogP contribution in [0.2, 0.25) is 0 Å². The monoisotopic (exact) mass is 358 g/mol. The molecule has 0 aliphatic rings. The molecule has 0 atom stereocenters. The van der Waals surface area contributed by atoms with Gasteiger partial charge in [-0.15, -0.1) is 11.3 Å². The number of carbonyl (C=O) groups excluding carboxylic acids is 1. The first-order valence-corrected chi connectivity index (χ1v) is 8.59. The number of esters is 1. The van der Waals surface area contributed by atoms with Crippen LogP contribution in [-0.4, -0.2) is 29.2 Å². The Morgan fingerprint density at radius 3 is 2.84 bits per heavy atom. The lowest BCUT2D eigenvalue weighted by Gasteiger charge is -2.08. The molecule has 6 nitrogen and oxygen atoms in total. The summed E-state index contributed by atoms with van der Waals surface area (Å²) >= 11 is 1.17. The van der Waals surface area contributed by atoms with E-state index in [9.17, 15) is 9.59 Å². The van der Waals surface area contributed by atoms with Gasteiger partial charge in [-0.25, -0.2) is 9.78 Å². The summed E-state index contributed by atoms with van der Waals surface area (Å²) in [7, 11) is 1.32. The molecule has 0 bridgehead atoms. The topological polar surface area (TPSA) is 70.4 Å². The predicted molar refractivity (Wildman–Crippen MR) is 96.6 cm³/mol. The molecule has 0 radical (unpaired) electrons. The number of hydrogen-bond donors (Lipinski definition) is 0. The zero-order chi connectivity index (χ0) is 18.0. The Morgan fingerprint density at radius 2 is 2.12 bits per heavy atom. The quantitative estimate of drug-likeness (QED) is 0.656. The van der Waals surface area contributed by atoms with E-state index in [1.807, 2.05) is 31.2 Å². The highest BCUT2D eigenvalue weighted by Gasteiger charge is 2.19. The lowest BCUT2D eigenvalue weighted by Crippen LogP contribution is -2.23. The highest BCUT2D eigenvalue weighted by Crippen LogP contribution is 2.27. The number of aryl methyl sites for hydroxylation is 2. The minimum Gasteiger partial charge on any atom is -0.492 e. The summed E-state index contributed by atoms with van der Waals surface area (Å²) in [5, 5.41) is 0.462. The first-order valence-electron chi connectivity index (χ1n) is 7.77. The fourth-order valence-electron chi connectivity index (χ4n) is 2.57. The van der Waals surface area contributed by atoms with E-state index >= 15 is 0 Å². The molecule has 0 aliphatic carbocycles. The maximum atomic E-state index is 12.7. The van der Waals surface area contributed by atoms with Crippen molar-refractivity contribution in [3.63, 3.8) is 0 Å². The van der Waals surface area contributed by atoms with Crippen molar-refractivity contribution < 1.29 is 14.3 Å². The summed E-state index contributed by atoms with van der Waals surface area (Å²) in [6.45, 7) is 4.46. The normalized spacial score (nSPS) is 10.8. The van der Waals surface area contributed by atoms with E-state index < -0.39 is 5.97 Å². The molecule has 2 heterocycles. The minimum absolute atomic E-state index is 0.179. The number of hydrogen-bond acceptors (Lipinski definition) is 6. The molecule has 2 aromatic heterocycles. The third-order valence-electron chi connectivity index (χ3n) is 3.88. The largest absolute Gasteiger partial charge is 0.492 e. The van der Waals surface area contributed by atoms with Crippen LogP contribution in [0.25, 0.3) is 10.2 Å². The van der Waals surface area contributed by atoms with Crippen molar-refractivity contribution in [2.75, 3.05) is 13.7 Å². The molecule has 7 heteroatoms. The fourth-order valence-corrected chi connectivity index (χ4v) is 3.63. The third kappa shape index (κ3) is 3.41. The van der Waals surface area contributed by atoms with Crippen molar-refractivity contribution >= 4 is 27.5 Å². The highest BCUT2D eigenvalue weighted by molar-refractivity contribution is 7.20. The lowest BCUT2D eigenvalue weighted by molar-refractivity contribution is 0.0605. The Hall–Kier alpha value is -2.67. The van der Waals surface area contributed by atoms with Gasteiger partial charge in [-0.05, 0) is 37.1 Å². The fraction of sp³-hybridized carbons (Fsp3) is 0.278. The van der Waals surface area contributed by atoms with Gasteiger partial charge in [-0.2, -0.15) is 0 Å². The van der Waals surface area contributed by atoms with E-state index in [2.05, 4.69) is 4.98 Å². The highest BCUT2D eigenvalue weighted by atomic mass is 32.1. The van der Waals surface area contributed by atoms with Gasteiger partial charge in [-0.1, -0.05) is 12.1 Å². The van der Waals surface area contributed by atoms with Crippen LogP contribution in [0.4, 0.5) is 0 Å². The summed E-state index contributed by atoms with van der Waals surface area (Å²) in [6, 6.07) is 7.74. The summed E-state index contributed by atoms with van der Waals surface area (Å²) in [5.74, 6) is 0.316. The van der Waals surface area contributed by atoms with Crippen LogP contribution in [0.3, 0.4) is 0 Å². The number of methoxy groups -OCH3 is 1. The Kier molecular flexibility index (Phi) is 4.85. The Bertz CT molecular complexity index is 990. The molecule has 0 N–H and O–H groups in total. The number of benzene rings is 1. The Morgan fingerprint density at radius 1 is 1.32 bits per heavy atom. The number of ether oxygens (including phenoxy) is 2. The molecular weight excluding hydrogens is 340 g/mol. The molecule has 0 amide bonds. The molecule has 0 spiro atoms. The van der Waals surface area contributed by atoms with E-state index in [0.717, 1.165) is 11.3 Å². The molecule has 1 aromatic carbocycles. The second kappa shape index (κ2) is 7.06. The average molecular weight is 358 g/mol. The van der Waals surface area contributed by atoms with Crippen LogP contribution < -0.4 is 10.3 Å². The van der Waals surface area contributed by atoms with E-state index in [-0.39, 0.29) is 5.56 Å². The minimum atomic E-state index is -0.450. The Balaban J connectivity index is 1.83. The van der Waals surface area contributed by atoms with Crippen LogP contribution in [-0.2, 0) is 11.3 Å².